The minimum Gasteiger partial charge on any atom is -0.0604 e. The van der Waals surface area contributed by atoms with Crippen LogP contribution in [0.4, 0.5) is 0 Å². The summed E-state index contributed by atoms with van der Waals surface area (Å²) in [7, 11) is 0. The highest BCUT2D eigenvalue weighted by atomic mass is 79.9. The zero-order chi connectivity index (χ0) is 12.6. The predicted octanol–water partition coefficient (Wildman–Crippen LogP) is 7.17. The van der Waals surface area contributed by atoms with Crippen LogP contribution in [0.2, 0.25) is 0 Å². The predicted molar refractivity (Wildman–Crippen MR) is 90.4 cm³/mol. The van der Waals surface area contributed by atoms with Crippen LogP contribution in [0.1, 0.15) is 0 Å². The van der Waals surface area contributed by atoms with Crippen LogP contribution in [0.25, 0.3) is 11.1 Å². The van der Waals surface area contributed by atoms with Gasteiger partial charge in [0.15, 0.2) is 0 Å². The zero-order valence-corrected chi connectivity index (χ0v) is 16.2. The topological polar surface area (TPSA) is 0 Å². The molecule has 2 rings (SSSR count). The Balaban J connectivity index is 2.69. The van der Waals surface area contributed by atoms with Gasteiger partial charge in [-0.1, -0.05) is 18.2 Å². The van der Waals surface area contributed by atoms with Crippen molar-refractivity contribution < 1.29 is 0 Å². The molecule has 0 nitrogen and oxygen atoms in total. The van der Waals surface area contributed by atoms with Crippen LogP contribution in [0.3, 0.4) is 0 Å². The quantitative estimate of drug-likeness (QED) is 0.332. The molecule has 0 aliphatic carbocycles. The first-order valence-electron chi connectivity index (χ1n) is 4.60. The lowest BCUT2D eigenvalue weighted by Gasteiger charge is -2.11. The van der Waals surface area contributed by atoms with Crippen molar-refractivity contribution in [1.29, 1.82) is 0 Å². The van der Waals surface area contributed by atoms with Crippen molar-refractivity contribution in [2.24, 2.45) is 0 Å². The SMILES string of the molecule is Brc1cccc(-c2ccc(Br)c(Br)c2Br)c1Br. The Kier molecular flexibility index (Phi) is 4.92. The van der Waals surface area contributed by atoms with Gasteiger partial charge in [0.2, 0.25) is 0 Å². The molecule has 5 heteroatoms. The maximum absolute atomic E-state index is 3.61. The Bertz CT molecular complexity index is 577. The van der Waals surface area contributed by atoms with Crippen LogP contribution >= 0.6 is 79.6 Å². The standard InChI is InChI=1S/C12H5Br5/c13-8-3-1-2-6(10(8)15)7-4-5-9(14)12(17)11(7)16/h1-5H. The third-order valence-corrected chi connectivity index (χ3v) is 7.70. The largest absolute Gasteiger partial charge is 0.0604 e. The Morgan fingerprint density at radius 3 is 1.82 bits per heavy atom. The van der Waals surface area contributed by atoms with E-state index in [1.54, 1.807) is 0 Å². The van der Waals surface area contributed by atoms with Gasteiger partial charge in [-0.2, -0.15) is 0 Å². The average molecular weight is 549 g/mol. The van der Waals surface area contributed by atoms with Gasteiger partial charge in [-0.05, 0) is 103 Å². The van der Waals surface area contributed by atoms with Gasteiger partial charge in [0.1, 0.15) is 0 Å². The zero-order valence-electron chi connectivity index (χ0n) is 8.28. The summed E-state index contributed by atoms with van der Waals surface area (Å²) in [6.45, 7) is 0. The lowest BCUT2D eigenvalue weighted by molar-refractivity contribution is 1.49. The normalized spacial score (nSPS) is 10.6. The van der Waals surface area contributed by atoms with E-state index in [0.717, 1.165) is 33.5 Å². The molecule has 0 spiro atoms. The van der Waals surface area contributed by atoms with E-state index in [-0.39, 0.29) is 0 Å². The van der Waals surface area contributed by atoms with E-state index in [1.807, 2.05) is 18.2 Å². The number of rotatable bonds is 1. The van der Waals surface area contributed by atoms with Gasteiger partial charge in [0, 0.05) is 22.4 Å². The molecule has 0 aliphatic heterocycles. The Labute approximate surface area is 142 Å². The van der Waals surface area contributed by atoms with Crippen LogP contribution < -0.4 is 0 Å². The molecule has 0 aromatic heterocycles. The lowest BCUT2D eigenvalue weighted by atomic mass is 10.1. The second kappa shape index (κ2) is 5.87. The van der Waals surface area contributed by atoms with E-state index in [2.05, 4.69) is 91.8 Å². The van der Waals surface area contributed by atoms with Crippen LogP contribution in [-0.4, -0.2) is 0 Å². The molecule has 0 aliphatic rings. The van der Waals surface area contributed by atoms with E-state index in [4.69, 9.17) is 0 Å². The van der Waals surface area contributed by atoms with Crippen molar-refractivity contribution in [2.45, 2.75) is 0 Å². The summed E-state index contributed by atoms with van der Waals surface area (Å²) in [5.41, 5.74) is 2.27. The molecule has 0 N–H and O–H groups in total. The summed E-state index contributed by atoms with van der Waals surface area (Å²) in [6, 6.07) is 10.2. The van der Waals surface area contributed by atoms with Gasteiger partial charge in [0.25, 0.3) is 0 Å². The monoisotopic (exact) mass is 544 g/mol. The highest BCUT2D eigenvalue weighted by molar-refractivity contribution is 9.14. The third-order valence-electron chi connectivity index (χ3n) is 2.28. The number of hydrogen-bond acceptors (Lipinski definition) is 0. The molecule has 0 saturated carbocycles. The molecule has 0 heterocycles. The van der Waals surface area contributed by atoms with Crippen molar-refractivity contribution in [3.05, 3.63) is 52.7 Å². The third kappa shape index (κ3) is 2.89. The molecule has 17 heavy (non-hydrogen) atoms. The minimum absolute atomic E-state index is 1.02. The van der Waals surface area contributed by atoms with Gasteiger partial charge in [-0.15, -0.1) is 0 Å². The summed E-state index contributed by atoms with van der Waals surface area (Å²) < 4.78 is 5.17. The van der Waals surface area contributed by atoms with Crippen LogP contribution in [-0.2, 0) is 0 Å². The van der Waals surface area contributed by atoms with Crippen LogP contribution in [0.5, 0.6) is 0 Å². The van der Waals surface area contributed by atoms with Gasteiger partial charge < -0.3 is 0 Å². The molecule has 88 valence electrons. The fourth-order valence-corrected chi connectivity index (χ4v) is 3.79. The fraction of sp³-hybridized carbons (Fsp3) is 0. The van der Waals surface area contributed by atoms with E-state index in [1.165, 1.54) is 0 Å². The van der Waals surface area contributed by atoms with Crippen molar-refractivity contribution in [2.75, 3.05) is 0 Å². The van der Waals surface area contributed by atoms with E-state index >= 15 is 0 Å². The molecule has 0 fully saturated rings. The van der Waals surface area contributed by atoms with Crippen molar-refractivity contribution in [1.82, 2.24) is 0 Å². The molecule has 0 atom stereocenters. The van der Waals surface area contributed by atoms with Gasteiger partial charge >= 0.3 is 0 Å². The maximum atomic E-state index is 3.61. The maximum Gasteiger partial charge on any atom is 0.0465 e. The van der Waals surface area contributed by atoms with Crippen molar-refractivity contribution >= 4 is 79.6 Å². The summed E-state index contributed by atoms with van der Waals surface area (Å²) in [4.78, 5) is 0. The Hall–Kier alpha value is 0.840. The Morgan fingerprint density at radius 1 is 0.529 bits per heavy atom. The average Bonchev–Trinajstić information content (AvgIpc) is 2.31. The molecule has 0 unspecified atom stereocenters. The molecule has 0 radical (unpaired) electrons. The summed E-state index contributed by atoms with van der Waals surface area (Å²) in [5.74, 6) is 0. The van der Waals surface area contributed by atoms with E-state index < -0.39 is 0 Å². The molecule has 0 saturated heterocycles. The van der Waals surface area contributed by atoms with E-state index in [9.17, 15) is 0 Å². The molecular weight excluding hydrogens is 544 g/mol. The molecule has 2 aromatic rings. The van der Waals surface area contributed by atoms with Crippen LogP contribution in [0.15, 0.2) is 52.7 Å². The first-order chi connectivity index (χ1) is 8.02. The lowest BCUT2D eigenvalue weighted by Crippen LogP contribution is -1.85. The van der Waals surface area contributed by atoms with Crippen LogP contribution in [0, 0.1) is 0 Å². The fourth-order valence-electron chi connectivity index (χ4n) is 1.45. The molecule has 0 amide bonds. The molecule has 2 aromatic carbocycles. The smallest absolute Gasteiger partial charge is 0.0465 e. The Morgan fingerprint density at radius 2 is 1.12 bits per heavy atom. The second-order valence-corrected chi connectivity index (χ2v) is 7.41. The highest BCUT2D eigenvalue weighted by Crippen LogP contribution is 2.42. The minimum atomic E-state index is 1.02. The first-order valence-corrected chi connectivity index (χ1v) is 8.56. The summed E-state index contributed by atoms with van der Waals surface area (Å²) >= 11 is 17.8. The first kappa shape index (κ1) is 14.3. The van der Waals surface area contributed by atoms with E-state index in [0.29, 0.717) is 0 Å². The summed E-state index contributed by atoms with van der Waals surface area (Å²) in [6.07, 6.45) is 0. The van der Waals surface area contributed by atoms with Gasteiger partial charge in [-0.25, -0.2) is 0 Å². The second-order valence-electron chi connectivity index (χ2n) is 3.32. The van der Waals surface area contributed by atoms with Gasteiger partial charge in [0.05, 0.1) is 0 Å². The molecular formula is C12H5Br5. The molecule has 0 bridgehead atoms. The number of halogens is 5. The van der Waals surface area contributed by atoms with Gasteiger partial charge in [-0.3, -0.25) is 0 Å². The number of hydrogen-bond donors (Lipinski definition) is 0. The highest BCUT2D eigenvalue weighted by Gasteiger charge is 2.12. The van der Waals surface area contributed by atoms with Crippen molar-refractivity contribution in [3.63, 3.8) is 0 Å². The van der Waals surface area contributed by atoms with Crippen molar-refractivity contribution in [3.8, 4) is 11.1 Å². The number of benzene rings is 2. The summed E-state index contributed by atoms with van der Waals surface area (Å²) in [5, 5.41) is 0.